The number of benzene rings is 3. The van der Waals surface area contributed by atoms with Gasteiger partial charge in [-0.1, -0.05) is 72.8 Å². The molecule has 1 N–H and O–H groups in total. The smallest absolute Gasteiger partial charge is 0.409 e. The third-order valence-corrected chi connectivity index (χ3v) is 6.82. The predicted molar refractivity (Wildman–Crippen MR) is 122 cm³/mol. The number of aliphatic carboxylic acids is 1. The number of rotatable bonds is 4. The first-order chi connectivity index (χ1) is 15.5. The van der Waals surface area contributed by atoms with Crippen molar-refractivity contribution in [3.63, 3.8) is 0 Å². The zero-order valence-electron chi connectivity index (χ0n) is 17.9. The van der Waals surface area contributed by atoms with Gasteiger partial charge in [-0.15, -0.1) is 0 Å². The maximum absolute atomic E-state index is 13.0. The molecule has 2 atom stereocenters. The number of fused-ring (bicyclic) bond motifs is 3. The molecule has 1 amide bonds. The number of amides is 1. The minimum atomic E-state index is -0.882. The minimum Gasteiger partial charge on any atom is -0.481 e. The summed E-state index contributed by atoms with van der Waals surface area (Å²) in [5.74, 6) is -1.78. The van der Waals surface area contributed by atoms with E-state index < -0.39 is 18.0 Å². The lowest BCUT2D eigenvalue weighted by Gasteiger charge is -2.20. The number of carboxylic acid groups (broad SMARTS) is 1. The second-order valence-electron chi connectivity index (χ2n) is 8.62. The molecule has 0 bridgehead atoms. The van der Waals surface area contributed by atoms with E-state index in [2.05, 4.69) is 24.3 Å². The first-order valence-electron chi connectivity index (χ1n) is 10.9. The zero-order valence-corrected chi connectivity index (χ0v) is 17.9. The van der Waals surface area contributed by atoms with Crippen molar-refractivity contribution in [2.45, 2.75) is 18.8 Å². The van der Waals surface area contributed by atoms with E-state index in [0.29, 0.717) is 6.54 Å². The van der Waals surface area contributed by atoms with E-state index in [1.54, 1.807) is 4.90 Å². The molecule has 3 aromatic carbocycles. The van der Waals surface area contributed by atoms with Gasteiger partial charge in [0.2, 0.25) is 0 Å². The van der Waals surface area contributed by atoms with Crippen LogP contribution in [0.15, 0.2) is 72.8 Å². The highest BCUT2D eigenvalue weighted by Gasteiger charge is 2.42. The number of carbonyl (C=O) groups excluding carboxylic acids is 1. The van der Waals surface area contributed by atoms with Crippen molar-refractivity contribution in [3.8, 4) is 11.1 Å². The van der Waals surface area contributed by atoms with Crippen molar-refractivity contribution in [2.75, 3.05) is 19.7 Å². The zero-order chi connectivity index (χ0) is 22.2. The van der Waals surface area contributed by atoms with Gasteiger partial charge in [0.05, 0.1) is 5.92 Å². The van der Waals surface area contributed by atoms with Crippen molar-refractivity contribution in [3.05, 3.63) is 95.1 Å². The Labute approximate surface area is 187 Å². The van der Waals surface area contributed by atoms with Crippen LogP contribution in [0, 0.1) is 12.8 Å². The molecule has 1 aliphatic carbocycles. The predicted octanol–water partition coefficient (Wildman–Crippen LogP) is 5.04. The van der Waals surface area contributed by atoms with Gasteiger partial charge in [0, 0.05) is 24.9 Å². The van der Waals surface area contributed by atoms with Gasteiger partial charge in [0.15, 0.2) is 0 Å². The lowest BCUT2D eigenvalue weighted by molar-refractivity contribution is -0.141. The molecule has 0 spiro atoms. The molecule has 5 rings (SSSR count). The summed E-state index contributed by atoms with van der Waals surface area (Å²) in [4.78, 5) is 26.4. The number of carboxylic acids is 1. The Morgan fingerprint density at radius 1 is 0.875 bits per heavy atom. The maximum atomic E-state index is 13.0. The summed E-state index contributed by atoms with van der Waals surface area (Å²) in [6.45, 7) is 2.71. The second kappa shape index (κ2) is 8.15. The molecule has 5 nitrogen and oxygen atoms in total. The molecule has 162 valence electrons. The molecule has 0 saturated carbocycles. The third kappa shape index (κ3) is 3.44. The van der Waals surface area contributed by atoms with Crippen molar-refractivity contribution in [1.29, 1.82) is 0 Å². The van der Waals surface area contributed by atoms with Gasteiger partial charge in [-0.25, -0.2) is 4.79 Å². The van der Waals surface area contributed by atoms with Crippen LogP contribution in [0.2, 0.25) is 0 Å². The number of nitrogens with zero attached hydrogens (tertiary/aromatic N) is 1. The fourth-order valence-electron chi connectivity index (χ4n) is 5.21. The van der Waals surface area contributed by atoms with Crippen LogP contribution in [0.1, 0.15) is 34.1 Å². The van der Waals surface area contributed by atoms with Crippen LogP contribution in [0.5, 0.6) is 0 Å². The van der Waals surface area contributed by atoms with Crippen molar-refractivity contribution < 1.29 is 19.4 Å². The molecule has 5 heteroatoms. The van der Waals surface area contributed by atoms with Crippen LogP contribution in [-0.4, -0.2) is 41.8 Å². The molecule has 2 unspecified atom stereocenters. The van der Waals surface area contributed by atoms with Crippen molar-refractivity contribution >= 4 is 12.1 Å². The minimum absolute atomic E-state index is 0.0172. The highest BCUT2D eigenvalue weighted by Crippen LogP contribution is 2.44. The van der Waals surface area contributed by atoms with Gasteiger partial charge < -0.3 is 14.7 Å². The Bertz CT molecular complexity index is 1140. The number of likely N-dealkylation sites (tertiary alicyclic amines) is 1. The molecule has 2 aliphatic rings. The largest absolute Gasteiger partial charge is 0.481 e. The summed E-state index contributed by atoms with van der Waals surface area (Å²) < 4.78 is 5.76. The molecule has 0 radical (unpaired) electrons. The topological polar surface area (TPSA) is 66.8 Å². The van der Waals surface area contributed by atoms with Crippen molar-refractivity contribution in [2.24, 2.45) is 5.92 Å². The Morgan fingerprint density at radius 3 is 2.03 bits per heavy atom. The molecule has 1 fully saturated rings. The SMILES string of the molecule is Cc1ccccc1C1CN(C(=O)OCC2c3ccccc3-c3ccccc32)CC1C(=O)O. The lowest BCUT2D eigenvalue weighted by atomic mass is 9.86. The summed E-state index contributed by atoms with van der Waals surface area (Å²) in [6, 6.07) is 24.2. The first-order valence-corrected chi connectivity index (χ1v) is 10.9. The highest BCUT2D eigenvalue weighted by atomic mass is 16.6. The second-order valence-corrected chi connectivity index (χ2v) is 8.62. The summed E-state index contributed by atoms with van der Waals surface area (Å²) in [6.07, 6.45) is -0.450. The monoisotopic (exact) mass is 427 g/mol. The van der Waals surface area contributed by atoms with Crippen LogP contribution in [0.25, 0.3) is 11.1 Å². The highest BCUT2D eigenvalue weighted by molar-refractivity contribution is 5.79. The van der Waals surface area contributed by atoms with Gasteiger partial charge in [-0.2, -0.15) is 0 Å². The molecule has 1 saturated heterocycles. The van der Waals surface area contributed by atoms with Crippen LogP contribution in [0.4, 0.5) is 4.79 Å². The molecule has 1 aliphatic heterocycles. The van der Waals surface area contributed by atoms with E-state index in [0.717, 1.165) is 22.3 Å². The summed E-state index contributed by atoms with van der Waals surface area (Å²) >= 11 is 0. The fourth-order valence-corrected chi connectivity index (χ4v) is 5.21. The van der Waals surface area contributed by atoms with Gasteiger partial charge in [0.1, 0.15) is 6.61 Å². The molecular formula is C27H25NO4. The quantitative estimate of drug-likeness (QED) is 0.633. The Hall–Kier alpha value is -3.60. The van der Waals surface area contributed by atoms with E-state index in [9.17, 15) is 14.7 Å². The van der Waals surface area contributed by atoms with Gasteiger partial charge in [-0.3, -0.25) is 4.79 Å². The van der Waals surface area contributed by atoms with E-state index in [1.165, 1.54) is 11.1 Å². The van der Waals surface area contributed by atoms with Crippen LogP contribution >= 0.6 is 0 Å². The number of ether oxygens (including phenoxy) is 1. The third-order valence-electron chi connectivity index (χ3n) is 6.82. The van der Waals surface area contributed by atoms with E-state index in [-0.39, 0.29) is 25.0 Å². The number of hydrogen-bond donors (Lipinski definition) is 1. The average Bonchev–Trinajstić information content (AvgIpc) is 3.38. The summed E-state index contributed by atoms with van der Waals surface area (Å²) in [5.41, 5.74) is 6.69. The van der Waals surface area contributed by atoms with Gasteiger partial charge in [0.25, 0.3) is 0 Å². The molecule has 32 heavy (non-hydrogen) atoms. The summed E-state index contributed by atoms with van der Waals surface area (Å²) in [7, 11) is 0. The fraction of sp³-hybridized carbons (Fsp3) is 0.259. The molecule has 1 heterocycles. The van der Waals surface area contributed by atoms with Gasteiger partial charge >= 0.3 is 12.1 Å². The van der Waals surface area contributed by atoms with E-state index in [1.807, 2.05) is 55.5 Å². The molecular weight excluding hydrogens is 402 g/mol. The van der Waals surface area contributed by atoms with E-state index >= 15 is 0 Å². The Balaban J connectivity index is 1.33. The average molecular weight is 428 g/mol. The Morgan fingerprint density at radius 2 is 1.44 bits per heavy atom. The first kappa shape index (κ1) is 20.3. The Kier molecular flexibility index (Phi) is 5.17. The van der Waals surface area contributed by atoms with Crippen LogP contribution in [0.3, 0.4) is 0 Å². The maximum Gasteiger partial charge on any atom is 0.409 e. The number of carbonyl (C=O) groups is 2. The lowest BCUT2D eigenvalue weighted by Crippen LogP contribution is -2.31. The number of hydrogen-bond acceptors (Lipinski definition) is 3. The van der Waals surface area contributed by atoms with E-state index in [4.69, 9.17) is 4.74 Å². The van der Waals surface area contributed by atoms with Crippen LogP contribution < -0.4 is 0 Å². The van der Waals surface area contributed by atoms with Crippen LogP contribution in [-0.2, 0) is 9.53 Å². The van der Waals surface area contributed by atoms with Crippen molar-refractivity contribution in [1.82, 2.24) is 4.90 Å². The molecule has 3 aromatic rings. The normalized spacial score (nSPS) is 19.5. The number of aryl methyl sites for hydroxylation is 1. The molecule has 0 aromatic heterocycles. The standard InChI is InChI=1S/C27H25NO4/c1-17-8-2-3-9-18(17)23-14-28(15-24(23)26(29)30)27(31)32-16-25-21-12-6-4-10-19(21)20-11-5-7-13-22(20)25/h2-13,23-25H,14-16H2,1H3,(H,29,30). The summed E-state index contributed by atoms with van der Waals surface area (Å²) in [5, 5.41) is 9.78. The van der Waals surface area contributed by atoms with Gasteiger partial charge in [-0.05, 0) is 40.3 Å².